The highest BCUT2D eigenvalue weighted by atomic mass is 32.1. The molecule has 0 aliphatic heterocycles. The molecular formula is C12H18N2O3S. The minimum Gasteiger partial charge on any atom is -0.481 e. The molecule has 6 heteroatoms. The molecule has 1 atom stereocenters. The highest BCUT2D eigenvalue weighted by Gasteiger charge is 2.21. The van der Waals surface area contributed by atoms with Crippen molar-refractivity contribution < 1.29 is 14.7 Å². The van der Waals surface area contributed by atoms with Crippen LogP contribution in [-0.4, -0.2) is 28.5 Å². The number of aromatic nitrogens is 1. The molecule has 0 radical (unpaired) electrons. The molecule has 18 heavy (non-hydrogen) atoms. The molecule has 2 N–H and O–H groups in total. The SMILES string of the molecule is CC(CNC(=O)c1cnc(C(C)(C)C)s1)C(=O)O. The van der Waals surface area contributed by atoms with E-state index in [-0.39, 0.29) is 17.9 Å². The maximum absolute atomic E-state index is 11.8. The first-order valence-electron chi connectivity index (χ1n) is 5.69. The van der Waals surface area contributed by atoms with Crippen LogP contribution < -0.4 is 5.32 Å². The van der Waals surface area contributed by atoms with Crippen molar-refractivity contribution in [1.29, 1.82) is 0 Å². The first-order chi connectivity index (χ1) is 8.21. The Balaban J connectivity index is 2.63. The van der Waals surface area contributed by atoms with Gasteiger partial charge in [-0.1, -0.05) is 27.7 Å². The number of rotatable bonds is 4. The number of nitrogens with zero attached hydrogens (tertiary/aromatic N) is 1. The summed E-state index contributed by atoms with van der Waals surface area (Å²) in [4.78, 5) is 27.1. The summed E-state index contributed by atoms with van der Waals surface area (Å²) in [5, 5.41) is 12.2. The van der Waals surface area contributed by atoms with Crippen LogP contribution in [0.3, 0.4) is 0 Å². The average molecular weight is 270 g/mol. The predicted molar refractivity (Wildman–Crippen MR) is 69.9 cm³/mol. The van der Waals surface area contributed by atoms with E-state index in [1.54, 1.807) is 6.92 Å². The van der Waals surface area contributed by atoms with E-state index in [0.717, 1.165) is 5.01 Å². The van der Waals surface area contributed by atoms with Crippen LogP contribution in [0.25, 0.3) is 0 Å². The molecule has 1 aromatic heterocycles. The number of nitrogens with one attached hydrogen (secondary N) is 1. The molecule has 0 bridgehead atoms. The van der Waals surface area contributed by atoms with Gasteiger partial charge in [-0.15, -0.1) is 11.3 Å². The lowest BCUT2D eigenvalue weighted by Gasteiger charge is -2.13. The van der Waals surface area contributed by atoms with Crippen LogP contribution in [-0.2, 0) is 10.2 Å². The van der Waals surface area contributed by atoms with Gasteiger partial charge in [0, 0.05) is 12.0 Å². The van der Waals surface area contributed by atoms with Gasteiger partial charge in [0.1, 0.15) is 4.88 Å². The van der Waals surface area contributed by atoms with Gasteiger partial charge in [0.2, 0.25) is 0 Å². The average Bonchev–Trinajstić information content (AvgIpc) is 2.73. The Labute approximate surface area is 110 Å². The Morgan fingerprint density at radius 1 is 1.50 bits per heavy atom. The maximum atomic E-state index is 11.8. The Hall–Kier alpha value is -1.43. The third-order valence-corrected chi connectivity index (χ3v) is 3.78. The van der Waals surface area contributed by atoms with Gasteiger partial charge >= 0.3 is 5.97 Å². The second kappa shape index (κ2) is 5.48. The molecule has 0 spiro atoms. The molecule has 0 aliphatic carbocycles. The normalized spacial score (nSPS) is 13.1. The summed E-state index contributed by atoms with van der Waals surface area (Å²) < 4.78 is 0. The van der Waals surface area contributed by atoms with Crippen molar-refractivity contribution in [3.63, 3.8) is 0 Å². The lowest BCUT2D eigenvalue weighted by molar-refractivity contribution is -0.140. The molecule has 1 aromatic rings. The van der Waals surface area contributed by atoms with Crippen LogP contribution in [0.4, 0.5) is 0 Å². The van der Waals surface area contributed by atoms with Crippen molar-refractivity contribution in [3.8, 4) is 0 Å². The number of carbonyl (C=O) groups excluding carboxylic acids is 1. The Morgan fingerprint density at radius 2 is 2.11 bits per heavy atom. The van der Waals surface area contributed by atoms with Crippen molar-refractivity contribution in [3.05, 3.63) is 16.1 Å². The second-order valence-corrected chi connectivity index (χ2v) is 6.26. The third kappa shape index (κ3) is 3.80. The van der Waals surface area contributed by atoms with Crippen LogP contribution in [0.5, 0.6) is 0 Å². The fourth-order valence-electron chi connectivity index (χ4n) is 1.15. The highest BCUT2D eigenvalue weighted by molar-refractivity contribution is 7.13. The van der Waals surface area contributed by atoms with Crippen molar-refractivity contribution >= 4 is 23.2 Å². The van der Waals surface area contributed by atoms with Gasteiger partial charge in [0.15, 0.2) is 0 Å². The number of aliphatic carboxylic acids is 1. The molecule has 1 unspecified atom stereocenters. The monoisotopic (exact) mass is 270 g/mol. The zero-order valence-corrected chi connectivity index (χ0v) is 11.8. The molecule has 0 aromatic carbocycles. The molecule has 5 nitrogen and oxygen atoms in total. The number of hydrogen-bond donors (Lipinski definition) is 2. The first-order valence-corrected chi connectivity index (χ1v) is 6.50. The highest BCUT2D eigenvalue weighted by Crippen LogP contribution is 2.26. The van der Waals surface area contributed by atoms with Crippen molar-refractivity contribution in [2.45, 2.75) is 33.1 Å². The van der Waals surface area contributed by atoms with E-state index < -0.39 is 11.9 Å². The van der Waals surface area contributed by atoms with E-state index in [9.17, 15) is 9.59 Å². The molecule has 0 saturated carbocycles. The fourth-order valence-corrected chi connectivity index (χ4v) is 2.04. The summed E-state index contributed by atoms with van der Waals surface area (Å²) in [5.41, 5.74) is -0.0858. The predicted octanol–water partition coefficient (Wildman–Crippen LogP) is 1.89. The Kier molecular flexibility index (Phi) is 4.45. The van der Waals surface area contributed by atoms with Crippen molar-refractivity contribution in [2.24, 2.45) is 5.92 Å². The molecule has 1 rings (SSSR count). The number of amides is 1. The van der Waals surface area contributed by atoms with Crippen molar-refractivity contribution in [2.75, 3.05) is 6.54 Å². The standard InChI is InChI=1S/C12H18N2O3S/c1-7(10(16)17)5-13-9(15)8-6-14-11(18-8)12(2,3)4/h6-7H,5H2,1-4H3,(H,13,15)(H,16,17). The summed E-state index contributed by atoms with van der Waals surface area (Å²) in [6.45, 7) is 7.76. The number of carboxylic acid groups (broad SMARTS) is 1. The quantitative estimate of drug-likeness (QED) is 0.875. The van der Waals surface area contributed by atoms with E-state index in [4.69, 9.17) is 5.11 Å². The summed E-state index contributed by atoms with van der Waals surface area (Å²) in [6.07, 6.45) is 1.53. The van der Waals surface area contributed by atoms with E-state index in [0.29, 0.717) is 4.88 Å². The van der Waals surface area contributed by atoms with Crippen LogP contribution in [0.15, 0.2) is 6.20 Å². The second-order valence-electron chi connectivity index (χ2n) is 5.23. The maximum Gasteiger partial charge on any atom is 0.308 e. The molecular weight excluding hydrogens is 252 g/mol. The van der Waals surface area contributed by atoms with Gasteiger partial charge in [0.25, 0.3) is 5.91 Å². The lowest BCUT2D eigenvalue weighted by Crippen LogP contribution is -2.30. The lowest BCUT2D eigenvalue weighted by atomic mass is 9.98. The van der Waals surface area contributed by atoms with Crippen molar-refractivity contribution in [1.82, 2.24) is 10.3 Å². The Morgan fingerprint density at radius 3 is 2.56 bits per heavy atom. The summed E-state index contributed by atoms with van der Waals surface area (Å²) in [7, 11) is 0. The van der Waals surface area contributed by atoms with Gasteiger partial charge in [-0.05, 0) is 0 Å². The molecule has 0 fully saturated rings. The molecule has 0 aliphatic rings. The smallest absolute Gasteiger partial charge is 0.308 e. The topological polar surface area (TPSA) is 79.3 Å². The zero-order chi connectivity index (χ0) is 13.9. The van der Waals surface area contributed by atoms with Crippen LogP contribution >= 0.6 is 11.3 Å². The molecule has 1 heterocycles. The Bertz CT molecular complexity index is 448. The van der Waals surface area contributed by atoms with Gasteiger partial charge in [-0.3, -0.25) is 9.59 Å². The largest absolute Gasteiger partial charge is 0.481 e. The number of hydrogen-bond acceptors (Lipinski definition) is 4. The molecule has 100 valence electrons. The first kappa shape index (κ1) is 14.6. The van der Waals surface area contributed by atoms with Gasteiger partial charge in [-0.25, -0.2) is 4.98 Å². The third-order valence-electron chi connectivity index (χ3n) is 2.36. The zero-order valence-electron chi connectivity index (χ0n) is 11.0. The summed E-state index contributed by atoms with van der Waals surface area (Å²) in [5.74, 6) is -1.78. The van der Waals surface area contributed by atoms with Gasteiger partial charge < -0.3 is 10.4 Å². The van der Waals surface area contributed by atoms with Crippen LogP contribution in [0.2, 0.25) is 0 Å². The van der Waals surface area contributed by atoms with E-state index in [1.165, 1.54) is 17.5 Å². The number of thiazole rings is 1. The summed E-state index contributed by atoms with van der Waals surface area (Å²) >= 11 is 1.34. The van der Waals surface area contributed by atoms with E-state index >= 15 is 0 Å². The van der Waals surface area contributed by atoms with Gasteiger partial charge in [-0.2, -0.15) is 0 Å². The minimum absolute atomic E-state index is 0.0858. The summed E-state index contributed by atoms with van der Waals surface area (Å²) in [6, 6.07) is 0. The van der Waals surface area contributed by atoms with E-state index in [2.05, 4.69) is 10.3 Å². The number of carboxylic acids is 1. The fraction of sp³-hybridized carbons (Fsp3) is 0.583. The molecule has 1 amide bonds. The van der Waals surface area contributed by atoms with Gasteiger partial charge in [0.05, 0.1) is 17.1 Å². The number of carbonyl (C=O) groups is 2. The van der Waals surface area contributed by atoms with Crippen LogP contribution in [0, 0.1) is 5.92 Å². The van der Waals surface area contributed by atoms with E-state index in [1.807, 2.05) is 20.8 Å². The van der Waals surface area contributed by atoms with Crippen LogP contribution in [0.1, 0.15) is 42.4 Å². The minimum atomic E-state index is -0.921. The molecule has 0 saturated heterocycles.